The number of nitrogens with zero attached hydrogens (tertiary/aromatic N) is 3. The van der Waals surface area contributed by atoms with Crippen molar-refractivity contribution in [2.24, 2.45) is 0 Å². The van der Waals surface area contributed by atoms with Gasteiger partial charge in [0.25, 0.3) is 0 Å². The summed E-state index contributed by atoms with van der Waals surface area (Å²) < 4.78 is 7.63. The van der Waals surface area contributed by atoms with Crippen LogP contribution in [-0.4, -0.2) is 27.7 Å². The third-order valence-electron chi connectivity index (χ3n) is 3.57. The second-order valence-corrected chi connectivity index (χ2v) is 4.48. The fourth-order valence-corrected chi connectivity index (χ4v) is 2.79. The van der Waals surface area contributed by atoms with Gasteiger partial charge in [-0.1, -0.05) is 0 Å². The molecule has 0 radical (unpaired) electrons. The maximum Gasteiger partial charge on any atom is 0.201 e. The largest absolute Gasteiger partial charge is 0.379 e. The number of hydrogen-bond donors (Lipinski definition) is 1. The molecule has 2 unspecified atom stereocenters. The Labute approximate surface area is 99.6 Å². The van der Waals surface area contributed by atoms with Gasteiger partial charge in [-0.25, -0.2) is 4.98 Å². The van der Waals surface area contributed by atoms with Crippen LogP contribution in [0.4, 0.5) is 5.95 Å². The van der Waals surface area contributed by atoms with Crippen LogP contribution in [0.15, 0.2) is 18.5 Å². The van der Waals surface area contributed by atoms with Crippen molar-refractivity contribution >= 4 is 17.0 Å². The van der Waals surface area contributed by atoms with Crippen LogP contribution in [0.2, 0.25) is 0 Å². The number of hydrogen-bond acceptors (Lipinski definition) is 4. The molecule has 2 heterocycles. The highest BCUT2D eigenvalue weighted by molar-refractivity contribution is 5.77. The first kappa shape index (κ1) is 10.5. The van der Waals surface area contributed by atoms with Crippen LogP contribution >= 0.6 is 0 Å². The van der Waals surface area contributed by atoms with Crippen LogP contribution in [0.3, 0.4) is 0 Å². The van der Waals surface area contributed by atoms with Crippen LogP contribution in [0, 0.1) is 0 Å². The Morgan fingerprint density at radius 1 is 1.47 bits per heavy atom. The topological polar surface area (TPSA) is 66.0 Å². The first-order valence-electron chi connectivity index (χ1n) is 5.91. The van der Waals surface area contributed by atoms with E-state index in [0.29, 0.717) is 12.0 Å². The number of nitrogens with two attached hydrogens (primary N) is 1. The molecule has 0 saturated heterocycles. The lowest BCUT2D eigenvalue weighted by atomic mass is 10.2. The van der Waals surface area contributed by atoms with E-state index in [1.54, 1.807) is 19.5 Å². The van der Waals surface area contributed by atoms with E-state index in [-0.39, 0.29) is 6.10 Å². The van der Waals surface area contributed by atoms with Gasteiger partial charge in [0.15, 0.2) is 0 Å². The number of fused-ring (bicyclic) bond motifs is 1. The third-order valence-corrected chi connectivity index (χ3v) is 3.57. The average molecular weight is 232 g/mol. The lowest BCUT2D eigenvalue weighted by molar-refractivity contribution is 0.0768. The minimum Gasteiger partial charge on any atom is -0.379 e. The monoisotopic (exact) mass is 232 g/mol. The summed E-state index contributed by atoms with van der Waals surface area (Å²) in [4.78, 5) is 8.42. The van der Waals surface area contributed by atoms with Crippen LogP contribution in [0.5, 0.6) is 0 Å². The van der Waals surface area contributed by atoms with E-state index in [1.165, 1.54) is 6.42 Å². The van der Waals surface area contributed by atoms with Crippen LogP contribution in [-0.2, 0) is 4.74 Å². The molecule has 1 fully saturated rings. The van der Waals surface area contributed by atoms with Gasteiger partial charge in [0.05, 0.1) is 23.9 Å². The lowest BCUT2D eigenvalue weighted by Gasteiger charge is -2.21. The van der Waals surface area contributed by atoms with Crippen molar-refractivity contribution in [2.75, 3.05) is 12.8 Å². The number of nitrogen functional groups attached to an aromatic ring is 1. The number of aromatic nitrogens is 3. The minimum absolute atomic E-state index is 0.239. The van der Waals surface area contributed by atoms with Gasteiger partial charge in [-0.15, -0.1) is 0 Å². The molecule has 0 bridgehead atoms. The normalized spacial score (nSPS) is 24.5. The molecule has 2 aromatic rings. The number of anilines is 1. The maximum absolute atomic E-state index is 6.02. The molecule has 0 aromatic carbocycles. The fraction of sp³-hybridized carbons (Fsp3) is 0.500. The Balaban J connectivity index is 2.13. The first-order valence-corrected chi connectivity index (χ1v) is 5.91. The molecule has 17 heavy (non-hydrogen) atoms. The van der Waals surface area contributed by atoms with Gasteiger partial charge in [0.1, 0.15) is 5.52 Å². The van der Waals surface area contributed by atoms with Crippen molar-refractivity contribution in [1.29, 1.82) is 0 Å². The van der Waals surface area contributed by atoms with Gasteiger partial charge in [-0.05, 0) is 25.3 Å². The van der Waals surface area contributed by atoms with Crippen molar-refractivity contribution in [1.82, 2.24) is 14.5 Å². The Morgan fingerprint density at radius 3 is 3.18 bits per heavy atom. The Bertz CT molecular complexity index is 536. The quantitative estimate of drug-likeness (QED) is 0.856. The molecule has 1 saturated carbocycles. The van der Waals surface area contributed by atoms with Crippen molar-refractivity contribution in [3.8, 4) is 0 Å². The van der Waals surface area contributed by atoms with Crippen LogP contribution in [0.1, 0.15) is 25.3 Å². The van der Waals surface area contributed by atoms with E-state index >= 15 is 0 Å². The number of pyridine rings is 1. The van der Waals surface area contributed by atoms with Gasteiger partial charge < -0.3 is 15.0 Å². The van der Waals surface area contributed by atoms with E-state index in [2.05, 4.69) is 14.5 Å². The van der Waals surface area contributed by atoms with Gasteiger partial charge in [0, 0.05) is 13.3 Å². The SMILES string of the molecule is COC1CCCC1n1c(N)nc2cnccc21. The summed E-state index contributed by atoms with van der Waals surface area (Å²) >= 11 is 0. The highest BCUT2D eigenvalue weighted by atomic mass is 16.5. The summed E-state index contributed by atoms with van der Waals surface area (Å²) in [7, 11) is 1.76. The summed E-state index contributed by atoms with van der Waals surface area (Å²) in [6, 6.07) is 2.26. The Morgan fingerprint density at radius 2 is 2.35 bits per heavy atom. The lowest BCUT2D eigenvalue weighted by Crippen LogP contribution is -2.21. The molecule has 2 aromatic heterocycles. The molecule has 3 rings (SSSR count). The summed E-state index contributed by atoms with van der Waals surface area (Å²) in [5.74, 6) is 0.557. The molecule has 5 heteroatoms. The number of ether oxygens (including phenoxy) is 1. The van der Waals surface area contributed by atoms with Crippen molar-refractivity contribution in [3.63, 3.8) is 0 Å². The predicted octanol–water partition coefficient (Wildman–Crippen LogP) is 1.75. The Hall–Kier alpha value is -1.62. The second-order valence-electron chi connectivity index (χ2n) is 4.48. The smallest absolute Gasteiger partial charge is 0.201 e. The molecule has 0 spiro atoms. The summed E-state index contributed by atoms with van der Waals surface area (Å²) in [6.07, 6.45) is 7.12. The Kier molecular flexibility index (Phi) is 2.48. The van der Waals surface area contributed by atoms with E-state index in [1.807, 2.05) is 6.07 Å². The molecule has 1 aliphatic carbocycles. The molecule has 5 nitrogen and oxygen atoms in total. The zero-order valence-corrected chi connectivity index (χ0v) is 9.84. The zero-order valence-electron chi connectivity index (χ0n) is 9.84. The fourth-order valence-electron chi connectivity index (χ4n) is 2.79. The minimum atomic E-state index is 0.239. The molecule has 0 aliphatic heterocycles. The van der Waals surface area contributed by atoms with E-state index in [9.17, 15) is 0 Å². The summed E-state index contributed by atoms with van der Waals surface area (Å²) in [5.41, 5.74) is 7.92. The van der Waals surface area contributed by atoms with Gasteiger partial charge in [-0.2, -0.15) is 0 Å². The average Bonchev–Trinajstić information content (AvgIpc) is 2.90. The highest BCUT2D eigenvalue weighted by Gasteiger charge is 2.31. The molecule has 90 valence electrons. The summed E-state index contributed by atoms with van der Waals surface area (Å²) in [5, 5.41) is 0. The number of imidazole rings is 1. The predicted molar refractivity (Wildman–Crippen MR) is 65.6 cm³/mol. The molecule has 1 aliphatic rings. The number of methoxy groups -OCH3 is 1. The van der Waals surface area contributed by atoms with Gasteiger partial charge in [-0.3, -0.25) is 4.98 Å². The van der Waals surface area contributed by atoms with E-state index < -0.39 is 0 Å². The van der Waals surface area contributed by atoms with Crippen molar-refractivity contribution in [3.05, 3.63) is 18.5 Å². The van der Waals surface area contributed by atoms with Crippen LogP contribution < -0.4 is 5.73 Å². The zero-order chi connectivity index (χ0) is 11.8. The van der Waals surface area contributed by atoms with Gasteiger partial charge >= 0.3 is 0 Å². The molecule has 2 N–H and O–H groups in total. The summed E-state index contributed by atoms with van der Waals surface area (Å²) in [6.45, 7) is 0. The maximum atomic E-state index is 6.02. The molecular weight excluding hydrogens is 216 g/mol. The molecule has 2 atom stereocenters. The van der Waals surface area contributed by atoms with Gasteiger partial charge in [0.2, 0.25) is 5.95 Å². The van der Waals surface area contributed by atoms with E-state index in [4.69, 9.17) is 10.5 Å². The van der Waals surface area contributed by atoms with E-state index in [0.717, 1.165) is 23.9 Å². The van der Waals surface area contributed by atoms with Crippen molar-refractivity contribution in [2.45, 2.75) is 31.4 Å². The number of rotatable bonds is 2. The van der Waals surface area contributed by atoms with Crippen LogP contribution in [0.25, 0.3) is 11.0 Å². The standard InChI is InChI=1S/C12H16N4O/c1-17-11-4-2-3-10(11)16-9-5-6-14-7-8(9)15-12(16)13/h5-7,10-11H,2-4H2,1H3,(H2,13,15). The molecular formula is C12H16N4O. The third kappa shape index (κ3) is 1.58. The first-order chi connectivity index (χ1) is 8.31. The second kappa shape index (κ2) is 4.00. The molecule has 0 amide bonds. The van der Waals surface area contributed by atoms with Crippen molar-refractivity contribution < 1.29 is 4.74 Å². The highest BCUT2D eigenvalue weighted by Crippen LogP contribution is 2.36.